The van der Waals surface area contributed by atoms with E-state index >= 15 is 0 Å². The monoisotopic (exact) mass is 420 g/mol. The van der Waals surface area contributed by atoms with Crippen molar-refractivity contribution in [2.75, 3.05) is 18.5 Å². The second-order valence-corrected chi connectivity index (χ2v) is 7.09. The zero-order chi connectivity index (χ0) is 21.2. The molecule has 3 amide bonds. The molecule has 0 spiro atoms. The molecule has 0 aliphatic rings. The molecule has 0 aliphatic heterocycles. The number of para-hydroxylation sites is 2. The zero-order valence-electron chi connectivity index (χ0n) is 16.5. The van der Waals surface area contributed by atoms with Gasteiger partial charge in [0, 0.05) is 11.3 Å². The van der Waals surface area contributed by atoms with Crippen molar-refractivity contribution in [2.24, 2.45) is 5.92 Å². The highest BCUT2D eigenvalue weighted by molar-refractivity contribution is 7.13. The molecule has 0 aliphatic carbocycles. The summed E-state index contributed by atoms with van der Waals surface area (Å²) in [6.07, 6.45) is -0.0393. The summed E-state index contributed by atoms with van der Waals surface area (Å²) in [5.74, 6) is -0.296. The minimum atomic E-state index is -0.521. The predicted molar refractivity (Wildman–Crippen MR) is 109 cm³/mol. The summed E-state index contributed by atoms with van der Waals surface area (Å²) in [4.78, 5) is 39.7. The molecule has 0 atom stereocenters. The van der Waals surface area contributed by atoms with E-state index in [4.69, 9.17) is 9.47 Å². The third-order valence-corrected chi connectivity index (χ3v) is 4.30. The van der Waals surface area contributed by atoms with Crippen molar-refractivity contribution in [1.29, 1.82) is 0 Å². The van der Waals surface area contributed by atoms with Crippen molar-refractivity contribution >= 4 is 34.2 Å². The van der Waals surface area contributed by atoms with Crippen LogP contribution < -0.4 is 25.6 Å². The highest BCUT2D eigenvalue weighted by Gasteiger charge is 2.13. The molecule has 0 saturated carbocycles. The predicted octanol–water partition coefficient (Wildman–Crippen LogP) is 1.91. The minimum absolute atomic E-state index is 0.0393. The minimum Gasteiger partial charge on any atom is -0.490 e. The third kappa shape index (κ3) is 7.41. The van der Waals surface area contributed by atoms with Gasteiger partial charge < -0.3 is 14.8 Å². The van der Waals surface area contributed by atoms with Crippen LogP contribution in [0.2, 0.25) is 0 Å². The van der Waals surface area contributed by atoms with Gasteiger partial charge in [-0.05, 0) is 19.1 Å². The number of rotatable bonds is 9. The summed E-state index contributed by atoms with van der Waals surface area (Å²) < 4.78 is 10.8. The van der Waals surface area contributed by atoms with Gasteiger partial charge in [0.2, 0.25) is 11.8 Å². The van der Waals surface area contributed by atoms with Gasteiger partial charge in [0.05, 0.1) is 18.7 Å². The molecule has 0 unspecified atom stereocenters. The topological polar surface area (TPSA) is 119 Å². The van der Waals surface area contributed by atoms with Crippen LogP contribution in [0.4, 0.5) is 5.13 Å². The summed E-state index contributed by atoms with van der Waals surface area (Å²) >= 11 is 1.23. The van der Waals surface area contributed by atoms with E-state index in [0.29, 0.717) is 28.9 Å². The summed E-state index contributed by atoms with van der Waals surface area (Å²) in [6.45, 7) is 5.59. The lowest BCUT2D eigenvalue weighted by Crippen LogP contribution is -2.44. The van der Waals surface area contributed by atoms with Gasteiger partial charge in [-0.3, -0.25) is 25.2 Å². The summed E-state index contributed by atoms with van der Waals surface area (Å²) in [7, 11) is 0. The van der Waals surface area contributed by atoms with Crippen molar-refractivity contribution in [1.82, 2.24) is 15.8 Å². The van der Waals surface area contributed by atoms with E-state index in [1.54, 1.807) is 43.5 Å². The lowest BCUT2D eigenvalue weighted by Gasteiger charge is -2.11. The van der Waals surface area contributed by atoms with Gasteiger partial charge in [0.25, 0.3) is 5.91 Å². The Morgan fingerprint density at radius 3 is 2.38 bits per heavy atom. The lowest BCUT2D eigenvalue weighted by atomic mass is 10.2. The molecular weight excluding hydrogens is 396 g/mol. The van der Waals surface area contributed by atoms with Gasteiger partial charge in [0.1, 0.15) is 0 Å². The Balaban J connectivity index is 1.74. The first kappa shape index (κ1) is 22.2. The van der Waals surface area contributed by atoms with Crippen LogP contribution >= 0.6 is 11.3 Å². The molecule has 29 heavy (non-hydrogen) atoms. The molecular formula is C19H24N4O5S. The van der Waals surface area contributed by atoms with Gasteiger partial charge in [-0.2, -0.15) is 0 Å². The molecule has 2 rings (SSSR count). The van der Waals surface area contributed by atoms with Crippen molar-refractivity contribution in [3.05, 3.63) is 35.3 Å². The number of benzene rings is 1. The molecule has 0 radical (unpaired) electrons. The maximum Gasteiger partial charge on any atom is 0.276 e. The molecule has 156 valence electrons. The Morgan fingerprint density at radius 2 is 1.72 bits per heavy atom. The number of nitrogens with one attached hydrogen (secondary N) is 3. The molecule has 10 heteroatoms. The number of anilines is 1. The van der Waals surface area contributed by atoms with Gasteiger partial charge in [-0.15, -0.1) is 11.3 Å². The van der Waals surface area contributed by atoms with Crippen molar-refractivity contribution in [2.45, 2.75) is 27.2 Å². The summed E-state index contributed by atoms with van der Waals surface area (Å²) in [5, 5.41) is 4.77. The number of amides is 3. The first-order chi connectivity index (χ1) is 13.9. The van der Waals surface area contributed by atoms with Crippen LogP contribution in [-0.2, 0) is 20.8 Å². The normalized spacial score (nSPS) is 10.3. The number of carbonyl (C=O) groups is 3. The average molecular weight is 420 g/mol. The fraction of sp³-hybridized carbons (Fsp3) is 0.368. The van der Waals surface area contributed by atoms with Crippen LogP contribution in [0, 0.1) is 5.92 Å². The van der Waals surface area contributed by atoms with Gasteiger partial charge in [0.15, 0.2) is 23.2 Å². The molecule has 0 bridgehead atoms. The van der Waals surface area contributed by atoms with E-state index in [0.717, 1.165) is 0 Å². The lowest BCUT2D eigenvalue weighted by molar-refractivity contribution is -0.129. The van der Waals surface area contributed by atoms with Crippen LogP contribution in [0.15, 0.2) is 29.6 Å². The van der Waals surface area contributed by atoms with Gasteiger partial charge >= 0.3 is 0 Å². The number of aromatic nitrogens is 1. The largest absolute Gasteiger partial charge is 0.490 e. The van der Waals surface area contributed by atoms with E-state index in [1.807, 2.05) is 6.92 Å². The molecule has 3 N–H and O–H groups in total. The first-order valence-corrected chi connectivity index (χ1v) is 9.94. The van der Waals surface area contributed by atoms with Crippen LogP contribution in [-0.4, -0.2) is 35.9 Å². The van der Waals surface area contributed by atoms with Crippen LogP contribution in [0.5, 0.6) is 11.5 Å². The zero-order valence-corrected chi connectivity index (χ0v) is 17.3. The quantitative estimate of drug-likeness (QED) is 0.533. The Morgan fingerprint density at radius 1 is 1.07 bits per heavy atom. The van der Waals surface area contributed by atoms with Crippen molar-refractivity contribution < 1.29 is 23.9 Å². The highest BCUT2D eigenvalue weighted by atomic mass is 32.1. The van der Waals surface area contributed by atoms with E-state index in [-0.39, 0.29) is 24.9 Å². The molecule has 1 aromatic heterocycles. The third-order valence-electron chi connectivity index (χ3n) is 3.50. The Labute approximate surface area is 172 Å². The number of hydrazine groups is 1. The Kier molecular flexibility index (Phi) is 8.41. The SMILES string of the molecule is CCOc1ccccc1OCC(=O)NNC(=O)Cc1csc(NC(=O)C(C)C)n1. The fourth-order valence-corrected chi connectivity index (χ4v) is 2.78. The second kappa shape index (κ2) is 11.0. The van der Waals surface area contributed by atoms with Gasteiger partial charge in [-0.1, -0.05) is 26.0 Å². The molecule has 2 aromatic rings. The second-order valence-electron chi connectivity index (χ2n) is 6.23. The van der Waals surface area contributed by atoms with Gasteiger partial charge in [-0.25, -0.2) is 4.98 Å². The van der Waals surface area contributed by atoms with E-state index in [2.05, 4.69) is 21.2 Å². The van der Waals surface area contributed by atoms with Crippen LogP contribution in [0.1, 0.15) is 26.5 Å². The maximum absolute atomic E-state index is 12.0. The smallest absolute Gasteiger partial charge is 0.276 e. The van der Waals surface area contributed by atoms with Crippen LogP contribution in [0.3, 0.4) is 0 Å². The van der Waals surface area contributed by atoms with E-state index in [9.17, 15) is 14.4 Å². The average Bonchev–Trinajstić information content (AvgIpc) is 3.12. The number of ether oxygens (including phenoxy) is 2. The molecule has 0 fully saturated rings. The maximum atomic E-state index is 12.0. The number of hydrogen-bond donors (Lipinski definition) is 3. The number of thiazole rings is 1. The molecule has 1 heterocycles. The standard InChI is InChI=1S/C19H24N4O5S/c1-4-27-14-7-5-6-8-15(14)28-10-17(25)23-22-16(24)9-13-11-29-19(20-13)21-18(26)12(2)3/h5-8,11-12H,4,9-10H2,1-3H3,(H,22,24)(H,23,25)(H,20,21,26). The Bertz CT molecular complexity index is 853. The van der Waals surface area contributed by atoms with E-state index < -0.39 is 11.8 Å². The number of carbonyl (C=O) groups excluding carboxylic acids is 3. The summed E-state index contributed by atoms with van der Waals surface area (Å²) in [6, 6.07) is 7.00. The molecule has 1 aromatic carbocycles. The fourth-order valence-electron chi connectivity index (χ4n) is 2.07. The number of hydrogen-bond acceptors (Lipinski definition) is 7. The van der Waals surface area contributed by atoms with Crippen LogP contribution in [0.25, 0.3) is 0 Å². The summed E-state index contributed by atoms with van der Waals surface area (Å²) in [5.41, 5.74) is 5.07. The molecule has 0 saturated heterocycles. The molecule has 9 nitrogen and oxygen atoms in total. The van der Waals surface area contributed by atoms with Crippen molar-refractivity contribution in [3.63, 3.8) is 0 Å². The Hall–Kier alpha value is -3.14. The van der Waals surface area contributed by atoms with E-state index in [1.165, 1.54) is 11.3 Å². The van der Waals surface area contributed by atoms with Crippen molar-refractivity contribution in [3.8, 4) is 11.5 Å². The first-order valence-electron chi connectivity index (χ1n) is 9.06. The number of nitrogens with zero attached hydrogens (tertiary/aromatic N) is 1. The highest BCUT2D eigenvalue weighted by Crippen LogP contribution is 2.26.